The van der Waals surface area contributed by atoms with Crippen LogP contribution in [-0.4, -0.2) is 28.6 Å². The number of carbonyl (C=O) groups excluding carboxylic acids is 1. The highest BCUT2D eigenvalue weighted by molar-refractivity contribution is 6.00. The minimum absolute atomic E-state index is 0.0589. The Bertz CT molecular complexity index is 523. The molecule has 6 nitrogen and oxygen atoms in total. The minimum Gasteiger partial charge on any atom is -0.390 e. The Morgan fingerprint density at radius 2 is 2.17 bits per heavy atom. The summed E-state index contributed by atoms with van der Waals surface area (Å²) in [6, 6.07) is 5.09. The topological polar surface area (TPSA) is 106 Å². The van der Waals surface area contributed by atoms with Crippen LogP contribution in [0.3, 0.4) is 0 Å². The van der Waals surface area contributed by atoms with Gasteiger partial charge in [0.2, 0.25) is 0 Å². The summed E-state index contributed by atoms with van der Waals surface area (Å²) in [5, 5.41) is 23.0. The van der Waals surface area contributed by atoms with Gasteiger partial charge in [-0.15, -0.1) is 0 Å². The molecule has 1 aliphatic carbocycles. The summed E-state index contributed by atoms with van der Waals surface area (Å²) in [6.45, 7) is -0.199. The predicted octanol–water partition coefficient (Wildman–Crippen LogP) is 1.52. The van der Waals surface area contributed by atoms with E-state index in [0.29, 0.717) is 24.0 Å². The SMILES string of the molecule is [N-]=[N+]=NCC(O)C(O)c1cccc2c1CCC2=O. The van der Waals surface area contributed by atoms with Crippen molar-refractivity contribution in [3.8, 4) is 0 Å². The third-order valence-electron chi connectivity index (χ3n) is 3.13. The number of fused-ring (bicyclic) bond motifs is 1. The van der Waals surface area contributed by atoms with Gasteiger partial charge in [0, 0.05) is 16.9 Å². The second kappa shape index (κ2) is 5.18. The van der Waals surface area contributed by atoms with E-state index >= 15 is 0 Å². The van der Waals surface area contributed by atoms with Gasteiger partial charge < -0.3 is 10.2 Å². The highest BCUT2D eigenvalue weighted by Gasteiger charge is 2.27. The number of benzene rings is 1. The lowest BCUT2D eigenvalue weighted by Crippen LogP contribution is -2.22. The number of nitrogens with zero attached hydrogens (tertiary/aromatic N) is 3. The number of carbonyl (C=O) groups is 1. The third kappa shape index (κ3) is 2.22. The molecule has 0 fully saturated rings. The first-order valence-corrected chi connectivity index (χ1v) is 5.67. The summed E-state index contributed by atoms with van der Waals surface area (Å²) in [5.74, 6) is 0.0589. The van der Waals surface area contributed by atoms with Gasteiger partial charge in [-0.2, -0.15) is 0 Å². The molecule has 94 valence electrons. The molecular weight excluding hydrogens is 234 g/mol. The molecule has 1 aliphatic rings. The number of hydrogen-bond donors (Lipinski definition) is 2. The zero-order chi connectivity index (χ0) is 13.1. The molecule has 1 aromatic rings. The van der Waals surface area contributed by atoms with E-state index in [4.69, 9.17) is 5.53 Å². The van der Waals surface area contributed by atoms with Gasteiger partial charge in [-0.25, -0.2) is 0 Å². The van der Waals surface area contributed by atoms with E-state index in [0.717, 1.165) is 5.56 Å². The quantitative estimate of drug-likeness (QED) is 0.478. The first kappa shape index (κ1) is 12.6. The molecule has 0 aromatic heterocycles. The van der Waals surface area contributed by atoms with E-state index in [1.54, 1.807) is 18.2 Å². The average molecular weight is 247 g/mol. The Morgan fingerprint density at radius 3 is 2.89 bits per heavy atom. The van der Waals surface area contributed by atoms with Gasteiger partial charge in [0.05, 0.1) is 12.6 Å². The van der Waals surface area contributed by atoms with E-state index in [2.05, 4.69) is 10.0 Å². The molecular formula is C12H13N3O3. The fourth-order valence-corrected chi connectivity index (χ4v) is 2.22. The first-order valence-electron chi connectivity index (χ1n) is 5.67. The number of rotatable bonds is 4. The lowest BCUT2D eigenvalue weighted by Gasteiger charge is -2.19. The number of aliphatic hydroxyl groups excluding tert-OH is 2. The molecule has 2 rings (SSSR count). The summed E-state index contributed by atoms with van der Waals surface area (Å²) in [5.41, 5.74) is 10.1. The molecule has 18 heavy (non-hydrogen) atoms. The van der Waals surface area contributed by atoms with Crippen molar-refractivity contribution in [3.05, 3.63) is 45.3 Å². The van der Waals surface area contributed by atoms with Crippen LogP contribution in [0.15, 0.2) is 23.3 Å². The van der Waals surface area contributed by atoms with E-state index in [9.17, 15) is 15.0 Å². The largest absolute Gasteiger partial charge is 0.390 e. The highest BCUT2D eigenvalue weighted by atomic mass is 16.3. The van der Waals surface area contributed by atoms with Crippen molar-refractivity contribution in [2.24, 2.45) is 5.11 Å². The fourth-order valence-electron chi connectivity index (χ4n) is 2.22. The molecule has 0 saturated carbocycles. The molecule has 0 amide bonds. The molecule has 0 radical (unpaired) electrons. The Labute approximate surface area is 103 Å². The zero-order valence-corrected chi connectivity index (χ0v) is 9.65. The molecule has 0 bridgehead atoms. The Balaban J connectivity index is 2.29. The van der Waals surface area contributed by atoms with Gasteiger partial charge in [0.1, 0.15) is 6.10 Å². The minimum atomic E-state index is -1.16. The second-order valence-electron chi connectivity index (χ2n) is 4.22. The molecule has 2 N–H and O–H groups in total. The summed E-state index contributed by atoms with van der Waals surface area (Å²) < 4.78 is 0. The van der Waals surface area contributed by atoms with Crippen molar-refractivity contribution < 1.29 is 15.0 Å². The number of azide groups is 1. The number of Topliss-reactive ketones (excluding diaryl/α,β-unsaturated/α-hetero) is 1. The standard InChI is InChI=1S/C12H13N3O3/c13-15-14-6-11(17)12(18)9-3-1-2-8-7(9)4-5-10(8)16/h1-3,11-12,17-18H,4-6H2. The highest BCUT2D eigenvalue weighted by Crippen LogP contribution is 2.30. The van der Waals surface area contributed by atoms with Crippen LogP contribution in [0.1, 0.15) is 34.0 Å². The summed E-state index contributed by atoms with van der Waals surface area (Å²) in [4.78, 5) is 14.1. The maximum absolute atomic E-state index is 11.6. The Morgan fingerprint density at radius 1 is 1.39 bits per heavy atom. The van der Waals surface area contributed by atoms with Crippen LogP contribution in [0, 0.1) is 0 Å². The molecule has 0 spiro atoms. The summed E-state index contributed by atoms with van der Waals surface area (Å²) >= 11 is 0. The van der Waals surface area contributed by atoms with E-state index in [-0.39, 0.29) is 12.3 Å². The van der Waals surface area contributed by atoms with Crippen molar-refractivity contribution >= 4 is 5.78 Å². The van der Waals surface area contributed by atoms with Gasteiger partial charge in [0.25, 0.3) is 0 Å². The molecule has 0 aliphatic heterocycles. The normalized spacial score (nSPS) is 16.9. The lowest BCUT2D eigenvalue weighted by molar-refractivity contribution is 0.0239. The molecule has 6 heteroatoms. The molecule has 2 atom stereocenters. The van der Waals surface area contributed by atoms with Gasteiger partial charge in [0.15, 0.2) is 5.78 Å². The molecule has 1 aromatic carbocycles. The van der Waals surface area contributed by atoms with Crippen LogP contribution < -0.4 is 0 Å². The van der Waals surface area contributed by atoms with Crippen molar-refractivity contribution in [1.82, 2.24) is 0 Å². The smallest absolute Gasteiger partial charge is 0.163 e. The van der Waals surface area contributed by atoms with Crippen molar-refractivity contribution in [2.75, 3.05) is 6.54 Å². The van der Waals surface area contributed by atoms with Crippen molar-refractivity contribution in [2.45, 2.75) is 25.0 Å². The Hall–Kier alpha value is -1.88. The van der Waals surface area contributed by atoms with Crippen molar-refractivity contribution in [1.29, 1.82) is 0 Å². The summed E-state index contributed by atoms with van der Waals surface area (Å²) in [6.07, 6.45) is -1.29. The third-order valence-corrected chi connectivity index (χ3v) is 3.13. The van der Waals surface area contributed by atoms with Gasteiger partial charge in [-0.3, -0.25) is 4.79 Å². The number of ketones is 1. The van der Waals surface area contributed by atoms with E-state index in [1.165, 1.54) is 0 Å². The summed E-state index contributed by atoms with van der Waals surface area (Å²) in [7, 11) is 0. The first-order chi connectivity index (χ1) is 8.65. The van der Waals surface area contributed by atoms with Crippen molar-refractivity contribution in [3.63, 3.8) is 0 Å². The number of aliphatic hydroxyl groups is 2. The zero-order valence-electron chi connectivity index (χ0n) is 9.65. The van der Waals surface area contributed by atoms with Crippen LogP contribution in [0.5, 0.6) is 0 Å². The van der Waals surface area contributed by atoms with Gasteiger partial charge in [-0.05, 0) is 23.1 Å². The van der Waals surface area contributed by atoms with Crippen LogP contribution >= 0.6 is 0 Å². The maximum atomic E-state index is 11.6. The van der Waals surface area contributed by atoms with Crippen LogP contribution in [0.2, 0.25) is 0 Å². The van der Waals surface area contributed by atoms with Crippen LogP contribution in [0.25, 0.3) is 10.4 Å². The van der Waals surface area contributed by atoms with Crippen LogP contribution in [-0.2, 0) is 6.42 Å². The molecule has 2 unspecified atom stereocenters. The van der Waals surface area contributed by atoms with E-state index in [1.807, 2.05) is 0 Å². The van der Waals surface area contributed by atoms with Gasteiger partial charge >= 0.3 is 0 Å². The second-order valence-corrected chi connectivity index (χ2v) is 4.22. The molecule has 0 saturated heterocycles. The van der Waals surface area contributed by atoms with Crippen LogP contribution in [0.4, 0.5) is 0 Å². The molecule has 0 heterocycles. The van der Waals surface area contributed by atoms with Gasteiger partial charge in [-0.1, -0.05) is 23.3 Å². The lowest BCUT2D eigenvalue weighted by atomic mass is 9.96. The maximum Gasteiger partial charge on any atom is 0.163 e. The fraction of sp³-hybridized carbons (Fsp3) is 0.417. The van der Waals surface area contributed by atoms with E-state index < -0.39 is 12.2 Å². The monoisotopic (exact) mass is 247 g/mol. The number of hydrogen-bond acceptors (Lipinski definition) is 4. The Kier molecular flexibility index (Phi) is 3.62. The predicted molar refractivity (Wildman–Crippen MR) is 64.1 cm³/mol. The average Bonchev–Trinajstić information content (AvgIpc) is 2.77.